The van der Waals surface area contributed by atoms with Crippen LogP contribution in [0.4, 0.5) is 17.2 Å². The van der Waals surface area contributed by atoms with Gasteiger partial charge in [0.2, 0.25) is 0 Å². The number of hydrogen-bond donors (Lipinski definition) is 2. The Morgan fingerprint density at radius 1 is 1.29 bits per heavy atom. The maximum absolute atomic E-state index is 12.2. The molecule has 0 bridgehead atoms. The van der Waals surface area contributed by atoms with Gasteiger partial charge in [0.15, 0.2) is 0 Å². The van der Waals surface area contributed by atoms with Crippen molar-refractivity contribution in [2.45, 2.75) is 6.92 Å². The third-order valence-corrected chi connectivity index (χ3v) is 2.95. The topological polar surface area (TPSA) is 97.2 Å². The average molecular weight is 286 g/mol. The molecule has 21 heavy (non-hydrogen) atoms. The van der Waals surface area contributed by atoms with E-state index in [1.165, 1.54) is 24.4 Å². The smallest absolute Gasteiger partial charge is 0.269 e. The molecule has 1 heterocycles. The predicted molar refractivity (Wildman–Crippen MR) is 79.6 cm³/mol. The quantitative estimate of drug-likeness (QED) is 0.665. The predicted octanol–water partition coefficient (Wildman–Crippen LogP) is 2.59. The number of aryl methyl sites for hydroxylation is 1. The molecule has 1 amide bonds. The molecular weight excluding hydrogens is 272 g/mol. The Bertz CT molecular complexity index is 700. The van der Waals surface area contributed by atoms with Crippen LogP contribution in [0.3, 0.4) is 0 Å². The summed E-state index contributed by atoms with van der Waals surface area (Å²) in [4.78, 5) is 26.4. The molecule has 0 spiro atoms. The number of non-ortho nitro benzene ring substituents is 1. The number of aromatic nitrogens is 1. The average Bonchev–Trinajstić information content (AvgIpc) is 2.49. The van der Waals surface area contributed by atoms with Crippen LogP contribution in [0.1, 0.15) is 15.9 Å². The van der Waals surface area contributed by atoms with E-state index in [1.807, 2.05) is 0 Å². The highest BCUT2D eigenvalue weighted by Crippen LogP contribution is 2.21. The van der Waals surface area contributed by atoms with Gasteiger partial charge in [0, 0.05) is 36.6 Å². The SMILES string of the molecule is CNc1cc(C(=O)Nc2ccc([N+](=O)[O-])cc2C)ccn1. The Morgan fingerprint density at radius 3 is 2.67 bits per heavy atom. The normalized spacial score (nSPS) is 10.0. The number of nitro benzene ring substituents is 1. The third kappa shape index (κ3) is 3.33. The maximum atomic E-state index is 12.2. The number of rotatable bonds is 4. The summed E-state index contributed by atoms with van der Waals surface area (Å²) in [7, 11) is 1.71. The molecule has 0 aliphatic rings. The van der Waals surface area contributed by atoms with Crippen LogP contribution in [0.2, 0.25) is 0 Å². The van der Waals surface area contributed by atoms with Crippen molar-refractivity contribution in [3.63, 3.8) is 0 Å². The highest BCUT2D eigenvalue weighted by molar-refractivity contribution is 6.05. The second-order valence-corrected chi connectivity index (χ2v) is 4.39. The highest BCUT2D eigenvalue weighted by Gasteiger charge is 2.12. The molecule has 0 unspecified atom stereocenters. The summed E-state index contributed by atoms with van der Waals surface area (Å²) in [6, 6.07) is 7.51. The summed E-state index contributed by atoms with van der Waals surface area (Å²) in [5.41, 5.74) is 1.60. The first-order valence-corrected chi connectivity index (χ1v) is 6.21. The number of benzene rings is 1. The van der Waals surface area contributed by atoms with Gasteiger partial charge in [-0.15, -0.1) is 0 Å². The zero-order valence-corrected chi connectivity index (χ0v) is 11.6. The van der Waals surface area contributed by atoms with Crippen LogP contribution < -0.4 is 10.6 Å². The summed E-state index contributed by atoms with van der Waals surface area (Å²) in [6.07, 6.45) is 1.53. The fraction of sp³-hybridized carbons (Fsp3) is 0.143. The van der Waals surface area contributed by atoms with Gasteiger partial charge in [0.1, 0.15) is 5.82 Å². The molecule has 0 aliphatic carbocycles. The van der Waals surface area contributed by atoms with E-state index in [0.717, 1.165) is 0 Å². The first kappa shape index (κ1) is 14.4. The molecule has 0 saturated heterocycles. The van der Waals surface area contributed by atoms with Crippen molar-refractivity contribution in [2.24, 2.45) is 0 Å². The molecule has 2 N–H and O–H groups in total. The molecular formula is C14H14N4O3. The maximum Gasteiger partial charge on any atom is 0.269 e. The van der Waals surface area contributed by atoms with Gasteiger partial charge in [-0.3, -0.25) is 14.9 Å². The molecule has 2 rings (SSSR count). The number of carbonyl (C=O) groups excluding carboxylic acids is 1. The monoisotopic (exact) mass is 286 g/mol. The zero-order valence-electron chi connectivity index (χ0n) is 11.6. The first-order chi connectivity index (χ1) is 10.0. The van der Waals surface area contributed by atoms with E-state index < -0.39 is 4.92 Å². The Hall–Kier alpha value is -2.96. The Labute approximate surface area is 121 Å². The summed E-state index contributed by atoms with van der Waals surface area (Å²) >= 11 is 0. The number of pyridine rings is 1. The minimum Gasteiger partial charge on any atom is -0.373 e. The fourth-order valence-corrected chi connectivity index (χ4v) is 1.80. The Morgan fingerprint density at radius 2 is 2.05 bits per heavy atom. The van der Waals surface area contributed by atoms with E-state index in [9.17, 15) is 14.9 Å². The van der Waals surface area contributed by atoms with Gasteiger partial charge in [-0.1, -0.05) is 0 Å². The van der Waals surface area contributed by atoms with Crippen molar-refractivity contribution in [3.8, 4) is 0 Å². The third-order valence-electron chi connectivity index (χ3n) is 2.95. The van der Waals surface area contributed by atoms with Crippen LogP contribution >= 0.6 is 0 Å². The van der Waals surface area contributed by atoms with E-state index >= 15 is 0 Å². The molecule has 0 atom stereocenters. The van der Waals surface area contributed by atoms with Crippen molar-refractivity contribution < 1.29 is 9.72 Å². The van der Waals surface area contributed by atoms with Crippen molar-refractivity contribution >= 4 is 23.1 Å². The number of nitrogens with one attached hydrogen (secondary N) is 2. The molecule has 108 valence electrons. The van der Waals surface area contributed by atoms with Crippen LogP contribution in [-0.2, 0) is 0 Å². The van der Waals surface area contributed by atoms with Crippen molar-refractivity contribution in [1.29, 1.82) is 0 Å². The van der Waals surface area contributed by atoms with Crippen molar-refractivity contribution in [1.82, 2.24) is 4.98 Å². The van der Waals surface area contributed by atoms with Crippen LogP contribution in [0.25, 0.3) is 0 Å². The molecule has 7 heteroatoms. The number of hydrogen-bond acceptors (Lipinski definition) is 5. The van der Waals surface area contributed by atoms with E-state index in [1.54, 1.807) is 26.1 Å². The lowest BCUT2D eigenvalue weighted by atomic mass is 10.1. The second-order valence-electron chi connectivity index (χ2n) is 4.39. The molecule has 0 radical (unpaired) electrons. The van der Waals surface area contributed by atoms with Crippen LogP contribution in [0.15, 0.2) is 36.5 Å². The fourth-order valence-electron chi connectivity index (χ4n) is 1.80. The standard InChI is InChI=1S/C14H14N4O3/c1-9-7-11(18(20)21)3-4-12(9)17-14(19)10-5-6-16-13(8-10)15-2/h3-8H,1-2H3,(H,15,16)(H,17,19). The number of anilines is 2. The molecule has 1 aromatic carbocycles. The Balaban J connectivity index is 2.21. The van der Waals surface area contributed by atoms with Crippen LogP contribution in [0, 0.1) is 17.0 Å². The molecule has 0 aliphatic heterocycles. The minimum absolute atomic E-state index is 0.00752. The molecule has 7 nitrogen and oxygen atoms in total. The molecule has 1 aromatic heterocycles. The van der Waals surface area contributed by atoms with E-state index in [-0.39, 0.29) is 11.6 Å². The van der Waals surface area contributed by atoms with Gasteiger partial charge in [-0.2, -0.15) is 0 Å². The van der Waals surface area contributed by atoms with Crippen molar-refractivity contribution in [3.05, 3.63) is 57.8 Å². The van der Waals surface area contributed by atoms with Gasteiger partial charge in [0.05, 0.1) is 4.92 Å². The largest absolute Gasteiger partial charge is 0.373 e. The number of amides is 1. The second kappa shape index (κ2) is 6.00. The summed E-state index contributed by atoms with van der Waals surface area (Å²) in [5, 5.41) is 16.3. The number of nitro groups is 1. The summed E-state index contributed by atoms with van der Waals surface area (Å²) < 4.78 is 0. The van der Waals surface area contributed by atoms with Gasteiger partial charge < -0.3 is 10.6 Å². The van der Waals surface area contributed by atoms with Gasteiger partial charge >= 0.3 is 0 Å². The van der Waals surface area contributed by atoms with E-state index in [2.05, 4.69) is 15.6 Å². The van der Waals surface area contributed by atoms with Crippen LogP contribution in [0.5, 0.6) is 0 Å². The highest BCUT2D eigenvalue weighted by atomic mass is 16.6. The van der Waals surface area contributed by atoms with Crippen LogP contribution in [-0.4, -0.2) is 22.9 Å². The minimum atomic E-state index is -0.472. The zero-order chi connectivity index (χ0) is 15.4. The number of nitrogens with zero attached hydrogens (tertiary/aromatic N) is 2. The molecule has 2 aromatic rings. The van der Waals surface area contributed by atoms with E-state index in [0.29, 0.717) is 22.6 Å². The first-order valence-electron chi connectivity index (χ1n) is 6.21. The number of carbonyl (C=O) groups is 1. The molecule has 0 fully saturated rings. The Kier molecular flexibility index (Phi) is 4.13. The lowest BCUT2D eigenvalue weighted by molar-refractivity contribution is -0.384. The van der Waals surface area contributed by atoms with Crippen molar-refractivity contribution in [2.75, 3.05) is 17.7 Å². The van der Waals surface area contributed by atoms with Gasteiger partial charge in [-0.25, -0.2) is 4.98 Å². The van der Waals surface area contributed by atoms with Gasteiger partial charge in [-0.05, 0) is 30.7 Å². The van der Waals surface area contributed by atoms with Gasteiger partial charge in [0.25, 0.3) is 11.6 Å². The van der Waals surface area contributed by atoms with E-state index in [4.69, 9.17) is 0 Å². The molecule has 0 saturated carbocycles. The summed E-state index contributed by atoms with van der Waals surface area (Å²) in [6.45, 7) is 1.70. The lowest BCUT2D eigenvalue weighted by Gasteiger charge is -2.09. The summed E-state index contributed by atoms with van der Waals surface area (Å²) in [5.74, 6) is 0.286. The lowest BCUT2D eigenvalue weighted by Crippen LogP contribution is -2.13.